The van der Waals surface area contributed by atoms with Gasteiger partial charge in [-0.1, -0.05) is 74.0 Å². The van der Waals surface area contributed by atoms with E-state index in [2.05, 4.69) is 10.1 Å². The van der Waals surface area contributed by atoms with Gasteiger partial charge in [0.15, 0.2) is 15.4 Å². The van der Waals surface area contributed by atoms with Crippen LogP contribution in [0.3, 0.4) is 0 Å². The van der Waals surface area contributed by atoms with Crippen molar-refractivity contribution in [2.45, 2.75) is 36.8 Å². The molecule has 1 aliphatic heterocycles. The minimum Gasteiger partial charge on any atom is -0.493 e. The Morgan fingerprint density at radius 2 is 1.53 bits per heavy atom. The van der Waals surface area contributed by atoms with Crippen molar-refractivity contribution in [1.82, 2.24) is 19.7 Å². The molecule has 45 heavy (non-hydrogen) atoms. The molecule has 0 amide bonds. The van der Waals surface area contributed by atoms with Crippen LogP contribution in [0.15, 0.2) is 98.5 Å². The van der Waals surface area contributed by atoms with Crippen LogP contribution in [0.2, 0.25) is 0 Å². The summed E-state index contributed by atoms with van der Waals surface area (Å²) in [6.45, 7) is 4.92. The molecule has 230 valence electrons. The molecular weight excluding hydrogens is 588 g/mol. The number of ether oxygens (including phenoxy) is 1. The van der Waals surface area contributed by atoms with Gasteiger partial charge in [-0.25, -0.2) is 13.4 Å². The summed E-state index contributed by atoms with van der Waals surface area (Å²) in [7, 11) is -2.45. The van der Waals surface area contributed by atoms with E-state index in [4.69, 9.17) is 19.7 Å². The van der Waals surface area contributed by atoms with Gasteiger partial charge in [-0.05, 0) is 42.7 Å². The van der Waals surface area contributed by atoms with Gasteiger partial charge < -0.3 is 9.72 Å². The highest BCUT2D eigenvalue weighted by atomic mass is 32.2. The van der Waals surface area contributed by atoms with Gasteiger partial charge in [-0.2, -0.15) is 5.10 Å². The summed E-state index contributed by atoms with van der Waals surface area (Å²) in [5.41, 5.74) is 3.80. The number of sulfone groups is 1. The Morgan fingerprint density at radius 1 is 0.911 bits per heavy atom. The maximum Gasteiger partial charge on any atom is 0.277 e. The third kappa shape index (κ3) is 5.71. The standard InChI is InChI=1S/C34H34N6O4S/c1-4-12-26-30-31(40(3)39-26)34(41)38-33(37-30)25-21-24(17-18-27(25)44-5-2)45(42,43)32-28(22-13-8-6-9-14-22)35-19-20-36-29(32)23-15-10-7-11-16-23/h6-11,13-18,21,32H,4-5,12,19-20H2,1-3H3,(H,37,38,41). The fraction of sp³-hybridized carbons (Fsp3) is 0.265. The molecule has 0 saturated heterocycles. The maximum absolute atomic E-state index is 14.9. The molecule has 0 atom stereocenters. The monoisotopic (exact) mass is 622 g/mol. The molecule has 0 unspecified atom stereocenters. The van der Waals surface area contributed by atoms with Crippen LogP contribution in [-0.2, 0) is 23.3 Å². The summed E-state index contributed by atoms with van der Waals surface area (Å²) < 4.78 is 37.2. The maximum atomic E-state index is 14.9. The van der Waals surface area contributed by atoms with Crippen molar-refractivity contribution < 1.29 is 13.2 Å². The first kappa shape index (κ1) is 30.1. The molecule has 0 fully saturated rings. The lowest BCUT2D eigenvalue weighted by atomic mass is 9.99. The average molecular weight is 623 g/mol. The second-order valence-corrected chi connectivity index (χ2v) is 12.7. The lowest BCUT2D eigenvalue weighted by molar-refractivity contribution is 0.341. The second-order valence-electron chi connectivity index (χ2n) is 10.7. The summed E-state index contributed by atoms with van der Waals surface area (Å²) in [5.74, 6) is 0.600. The van der Waals surface area contributed by atoms with Crippen LogP contribution in [0.25, 0.3) is 22.4 Å². The van der Waals surface area contributed by atoms with Crippen LogP contribution < -0.4 is 10.3 Å². The van der Waals surface area contributed by atoms with E-state index in [0.717, 1.165) is 6.42 Å². The summed E-state index contributed by atoms with van der Waals surface area (Å²) in [5, 5.41) is 3.33. The van der Waals surface area contributed by atoms with Gasteiger partial charge in [0, 0.05) is 7.05 Å². The number of hydrogen-bond acceptors (Lipinski definition) is 8. The van der Waals surface area contributed by atoms with Crippen molar-refractivity contribution in [3.05, 3.63) is 106 Å². The Kier molecular flexibility index (Phi) is 8.44. The number of rotatable bonds is 9. The van der Waals surface area contributed by atoms with Crippen molar-refractivity contribution in [3.63, 3.8) is 0 Å². The molecule has 0 spiro atoms. The molecule has 11 heteroatoms. The van der Waals surface area contributed by atoms with E-state index in [1.807, 2.05) is 74.5 Å². The molecular formula is C34H34N6O4S. The summed E-state index contributed by atoms with van der Waals surface area (Å²) in [6.07, 6.45) is 1.47. The van der Waals surface area contributed by atoms with Crippen LogP contribution in [0.5, 0.6) is 5.75 Å². The Balaban J connectivity index is 1.56. The molecule has 1 aliphatic rings. The quantitative estimate of drug-likeness (QED) is 0.251. The van der Waals surface area contributed by atoms with Gasteiger partial charge in [-0.15, -0.1) is 0 Å². The van der Waals surface area contributed by atoms with Crippen LogP contribution in [-0.4, -0.2) is 64.5 Å². The molecule has 0 bridgehead atoms. The van der Waals surface area contributed by atoms with E-state index in [1.165, 1.54) is 16.8 Å². The highest BCUT2D eigenvalue weighted by molar-refractivity contribution is 7.93. The SMILES string of the molecule is CCCc1nn(C)c2c(=O)[nH]c(-c3cc(S(=O)(=O)C4C(c5ccccc5)=NCCN=C4c4ccccc4)ccc3OCC)nc12. The molecule has 5 aromatic rings. The Morgan fingerprint density at radius 3 is 2.11 bits per heavy atom. The number of aromatic nitrogens is 4. The lowest BCUT2D eigenvalue weighted by Crippen LogP contribution is -2.39. The summed E-state index contributed by atoms with van der Waals surface area (Å²) in [6, 6.07) is 23.4. The summed E-state index contributed by atoms with van der Waals surface area (Å²) >= 11 is 0. The third-order valence-corrected chi connectivity index (χ3v) is 9.67. The van der Waals surface area contributed by atoms with Gasteiger partial charge >= 0.3 is 0 Å². The molecule has 6 rings (SSSR count). The van der Waals surface area contributed by atoms with E-state index < -0.39 is 15.1 Å². The predicted molar refractivity (Wildman–Crippen MR) is 176 cm³/mol. The molecule has 0 saturated carbocycles. The average Bonchev–Trinajstić information content (AvgIpc) is 3.21. The van der Waals surface area contributed by atoms with Gasteiger partial charge in [0.25, 0.3) is 5.56 Å². The Labute approximate surface area is 261 Å². The van der Waals surface area contributed by atoms with Gasteiger partial charge in [0.1, 0.15) is 22.3 Å². The molecule has 0 aliphatic carbocycles. The Hall–Kier alpha value is -4.90. The van der Waals surface area contributed by atoms with Gasteiger partial charge in [0.05, 0.1) is 47.3 Å². The van der Waals surface area contributed by atoms with E-state index in [0.29, 0.717) is 76.7 Å². The molecule has 3 aromatic carbocycles. The number of nitrogens with one attached hydrogen (secondary N) is 1. The van der Waals surface area contributed by atoms with E-state index in [1.54, 1.807) is 13.1 Å². The van der Waals surface area contributed by atoms with Crippen molar-refractivity contribution in [3.8, 4) is 17.1 Å². The second kappa shape index (κ2) is 12.6. The number of aliphatic imine (C=N–C) groups is 2. The first-order valence-electron chi connectivity index (χ1n) is 15.0. The van der Waals surface area contributed by atoms with Crippen molar-refractivity contribution >= 4 is 32.3 Å². The topological polar surface area (TPSA) is 132 Å². The molecule has 10 nitrogen and oxygen atoms in total. The fourth-order valence-electron chi connectivity index (χ4n) is 5.70. The minimum atomic E-state index is -4.16. The zero-order chi connectivity index (χ0) is 31.6. The third-order valence-electron chi connectivity index (χ3n) is 7.69. The number of hydrogen-bond donors (Lipinski definition) is 1. The first-order chi connectivity index (χ1) is 21.8. The van der Waals surface area contributed by atoms with Crippen molar-refractivity contribution in [2.75, 3.05) is 19.7 Å². The van der Waals surface area contributed by atoms with Crippen LogP contribution in [0.1, 0.15) is 37.1 Å². The minimum absolute atomic E-state index is 0.0304. The van der Waals surface area contributed by atoms with Crippen LogP contribution in [0.4, 0.5) is 0 Å². The molecule has 2 aromatic heterocycles. The number of aryl methyl sites for hydroxylation is 2. The normalized spacial score (nSPS) is 14.2. The van der Waals surface area contributed by atoms with Gasteiger partial charge in [-0.3, -0.25) is 19.5 Å². The number of nitrogens with zero attached hydrogens (tertiary/aromatic N) is 5. The highest BCUT2D eigenvalue weighted by Gasteiger charge is 2.39. The Bertz CT molecular complexity index is 2030. The lowest BCUT2D eigenvalue weighted by Gasteiger charge is -2.22. The highest BCUT2D eigenvalue weighted by Crippen LogP contribution is 2.34. The number of benzene rings is 3. The molecule has 1 N–H and O–H groups in total. The first-order valence-corrected chi connectivity index (χ1v) is 16.5. The van der Waals surface area contributed by atoms with Crippen molar-refractivity contribution in [1.29, 1.82) is 0 Å². The zero-order valence-corrected chi connectivity index (χ0v) is 26.2. The predicted octanol–water partition coefficient (Wildman–Crippen LogP) is 4.81. The number of fused-ring (bicyclic) bond motifs is 1. The van der Waals surface area contributed by atoms with E-state index in [-0.39, 0.29) is 16.3 Å². The van der Waals surface area contributed by atoms with E-state index in [9.17, 15) is 13.2 Å². The molecule has 3 heterocycles. The zero-order valence-electron chi connectivity index (χ0n) is 25.4. The van der Waals surface area contributed by atoms with Crippen LogP contribution >= 0.6 is 0 Å². The van der Waals surface area contributed by atoms with Crippen molar-refractivity contribution in [2.24, 2.45) is 17.0 Å². The smallest absolute Gasteiger partial charge is 0.277 e. The van der Waals surface area contributed by atoms with E-state index >= 15 is 0 Å². The summed E-state index contributed by atoms with van der Waals surface area (Å²) in [4.78, 5) is 30.5. The largest absolute Gasteiger partial charge is 0.493 e. The fourth-order valence-corrected chi connectivity index (χ4v) is 7.52. The number of H-pyrrole nitrogens is 1. The molecule has 0 radical (unpaired) electrons. The van der Waals surface area contributed by atoms with Crippen LogP contribution in [0, 0.1) is 0 Å². The number of aromatic amines is 1. The van der Waals surface area contributed by atoms with Gasteiger partial charge in [0.2, 0.25) is 0 Å².